The van der Waals surface area contributed by atoms with Crippen molar-refractivity contribution in [2.24, 2.45) is 5.41 Å². The van der Waals surface area contributed by atoms with Crippen LogP contribution in [0.15, 0.2) is 0 Å². The monoisotopic (exact) mass is 239 g/mol. The standard InChI is InChI=1S/C11H21N5O/c1-3-12-8-10-13-14-15-16(10)9-11(4-5-11)6-7-17-2/h12H,3-9H2,1-2H3. The van der Waals surface area contributed by atoms with Crippen LogP contribution in [0.1, 0.15) is 32.0 Å². The molecule has 1 saturated carbocycles. The Morgan fingerprint density at radius 2 is 2.29 bits per heavy atom. The van der Waals surface area contributed by atoms with Crippen molar-refractivity contribution in [2.75, 3.05) is 20.3 Å². The highest BCUT2D eigenvalue weighted by Gasteiger charge is 2.43. The molecule has 6 heteroatoms. The largest absolute Gasteiger partial charge is 0.385 e. The van der Waals surface area contributed by atoms with Gasteiger partial charge in [-0.1, -0.05) is 6.92 Å². The van der Waals surface area contributed by atoms with Crippen LogP contribution in [-0.4, -0.2) is 40.5 Å². The van der Waals surface area contributed by atoms with Crippen LogP contribution in [0.4, 0.5) is 0 Å². The van der Waals surface area contributed by atoms with E-state index < -0.39 is 0 Å². The molecule has 1 N–H and O–H groups in total. The number of tetrazole rings is 1. The maximum absolute atomic E-state index is 5.16. The molecular formula is C11H21N5O. The van der Waals surface area contributed by atoms with E-state index in [2.05, 4.69) is 27.8 Å². The molecule has 0 amide bonds. The lowest BCUT2D eigenvalue weighted by molar-refractivity contribution is 0.164. The Hall–Kier alpha value is -1.01. The maximum Gasteiger partial charge on any atom is 0.165 e. The van der Waals surface area contributed by atoms with Gasteiger partial charge >= 0.3 is 0 Å². The van der Waals surface area contributed by atoms with Crippen LogP contribution in [0.3, 0.4) is 0 Å². The SMILES string of the molecule is CCNCc1nnnn1CC1(CCOC)CC1. The number of nitrogens with zero attached hydrogens (tertiary/aromatic N) is 4. The Morgan fingerprint density at radius 1 is 1.47 bits per heavy atom. The molecule has 2 rings (SSSR count). The fourth-order valence-corrected chi connectivity index (χ4v) is 2.01. The molecule has 6 nitrogen and oxygen atoms in total. The average molecular weight is 239 g/mol. The highest BCUT2D eigenvalue weighted by molar-refractivity contribution is 4.94. The van der Waals surface area contributed by atoms with Crippen LogP contribution in [0, 0.1) is 5.41 Å². The molecule has 0 atom stereocenters. The lowest BCUT2D eigenvalue weighted by Gasteiger charge is -2.15. The second-order valence-electron chi connectivity index (χ2n) is 4.78. The van der Waals surface area contributed by atoms with E-state index in [1.54, 1.807) is 7.11 Å². The van der Waals surface area contributed by atoms with Crippen LogP contribution >= 0.6 is 0 Å². The molecule has 0 saturated heterocycles. The molecule has 1 aliphatic carbocycles. The lowest BCUT2D eigenvalue weighted by Crippen LogP contribution is -2.21. The number of rotatable bonds is 8. The first-order valence-electron chi connectivity index (χ1n) is 6.24. The molecule has 0 aromatic carbocycles. The van der Waals surface area contributed by atoms with Crippen molar-refractivity contribution in [3.8, 4) is 0 Å². The van der Waals surface area contributed by atoms with E-state index in [-0.39, 0.29) is 0 Å². The van der Waals surface area contributed by atoms with Gasteiger partial charge in [-0.15, -0.1) is 5.10 Å². The Balaban J connectivity index is 1.91. The van der Waals surface area contributed by atoms with Crippen molar-refractivity contribution in [3.05, 3.63) is 5.82 Å². The molecule has 1 aliphatic rings. The fraction of sp³-hybridized carbons (Fsp3) is 0.909. The zero-order chi connectivity index (χ0) is 12.1. The number of nitrogens with one attached hydrogen (secondary N) is 1. The van der Waals surface area contributed by atoms with Crippen molar-refractivity contribution in [1.82, 2.24) is 25.5 Å². The van der Waals surface area contributed by atoms with Gasteiger partial charge < -0.3 is 10.1 Å². The highest BCUT2D eigenvalue weighted by atomic mass is 16.5. The Bertz CT molecular complexity index is 347. The van der Waals surface area contributed by atoms with Gasteiger partial charge in [0.1, 0.15) is 0 Å². The third-order valence-electron chi connectivity index (χ3n) is 3.42. The molecule has 96 valence electrons. The van der Waals surface area contributed by atoms with Gasteiger partial charge in [-0.25, -0.2) is 4.68 Å². The number of methoxy groups -OCH3 is 1. The summed E-state index contributed by atoms with van der Waals surface area (Å²) in [6.45, 7) is 5.50. The van der Waals surface area contributed by atoms with Gasteiger partial charge in [0, 0.05) is 13.7 Å². The molecule has 17 heavy (non-hydrogen) atoms. The van der Waals surface area contributed by atoms with E-state index in [1.807, 2.05) is 4.68 Å². The van der Waals surface area contributed by atoms with E-state index >= 15 is 0 Å². The van der Waals surface area contributed by atoms with Crippen molar-refractivity contribution >= 4 is 0 Å². The predicted molar refractivity (Wildman–Crippen MR) is 63.4 cm³/mol. The smallest absolute Gasteiger partial charge is 0.165 e. The molecule has 0 spiro atoms. The molecular weight excluding hydrogens is 218 g/mol. The summed E-state index contributed by atoms with van der Waals surface area (Å²) >= 11 is 0. The summed E-state index contributed by atoms with van der Waals surface area (Å²) in [5, 5.41) is 15.1. The first-order valence-corrected chi connectivity index (χ1v) is 6.24. The summed E-state index contributed by atoms with van der Waals surface area (Å²) in [6.07, 6.45) is 3.62. The molecule has 1 fully saturated rings. The summed E-state index contributed by atoms with van der Waals surface area (Å²) < 4.78 is 7.09. The van der Waals surface area contributed by atoms with Crippen LogP contribution in [0.5, 0.6) is 0 Å². The number of hydrogen-bond donors (Lipinski definition) is 1. The van der Waals surface area contributed by atoms with E-state index in [0.717, 1.165) is 38.5 Å². The fourth-order valence-electron chi connectivity index (χ4n) is 2.01. The number of aromatic nitrogens is 4. The Labute approximate surface area is 102 Å². The lowest BCUT2D eigenvalue weighted by atomic mass is 10.0. The van der Waals surface area contributed by atoms with Crippen molar-refractivity contribution in [2.45, 2.75) is 39.3 Å². The minimum atomic E-state index is 0.381. The van der Waals surface area contributed by atoms with E-state index in [4.69, 9.17) is 4.74 Å². The molecule has 0 unspecified atom stereocenters. The minimum Gasteiger partial charge on any atom is -0.385 e. The number of hydrogen-bond acceptors (Lipinski definition) is 5. The topological polar surface area (TPSA) is 64.9 Å². The predicted octanol–water partition coefficient (Wildman–Crippen LogP) is 0.599. The highest BCUT2D eigenvalue weighted by Crippen LogP contribution is 2.50. The summed E-state index contributed by atoms with van der Waals surface area (Å²) in [5.74, 6) is 0.926. The van der Waals surface area contributed by atoms with E-state index in [0.29, 0.717) is 5.41 Å². The Morgan fingerprint density at radius 3 is 2.94 bits per heavy atom. The zero-order valence-electron chi connectivity index (χ0n) is 10.6. The van der Waals surface area contributed by atoms with Gasteiger partial charge in [-0.2, -0.15) is 0 Å². The summed E-state index contributed by atoms with van der Waals surface area (Å²) in [7, 11) is 1.75. The van der Waals surface area contributed by atoms with Gasteiger partial charge in [-0.05, 0) is 41.6 Å². The second-order valence-corrected chi connectivity index (χ2v) is 4.78. The summed E-state index contributed by atoms with van der Waals surface area (Å²) in [4.78, 5) is 0. The van der Waals surface area contributed by atoms with Gasteiger partial charge in [-0.3, -0.25) is 0 Å². The first-order chi connectivity index (χ1) is 8.29. The van der Waals surface area contributed by atoms with Gasteiger partial charge in [0.15, 0.2) is 5.82 Å². The molecule has 1 aromatic heterocycles. The minimum absolute atomic E-state index is 0.381. The third kappa shape index (κ3) is 3.23. The maximum atomic E-state index is 5.16. The number of ether oxygens (including phenoxy) is 1. The third-order valence-corrected chi connectivity index (χ3v) is 3.42. The summed E-state index contributed by atoms with van der Waals surface area (Å²) in [5.41, 5.74) is 0.381. The summed E-state index contributed by atoms with van der Waals surface area (Å²) in [6, 6.07) is 0. The van der Waals surface area contributed by atoms with Gasteiger partial charge in [0.25, 0.3) is 0 Å². The average Bonchev–Trinajstić information content (AvgIpc) is 2.96. The molecule has 1 aromatic rings. The van der Waals surface area contributed by atoms with Crippen LogP contribution < -0.4 is 5.32 Å². The van der Waals surface area contributed by atoms with E-state index in [1.165, 1.54) is 12.8 Å². The normalized spacial score (nSPS) is 17.3. The molecule has 0 radical (unpaired) electrons. The van der Waals surface area contributed by atoms with Crippen molar-refractivity contribution < 1.29 is 4.74 Å². The molecule has 1 heterocycles. The quantitative estimate of drug-likeness (QED) is 0.719. The first kappa shape index (κ1) is 12.4. The molecule has 0 aliphatic heterocycles. The Kier molecular flexibility index (Phi) is 4.06. The second kappa shape index (κ2) is 5.55. The zero-order valence-corrected chi connectivity index (χ0v) is 10.6. The van der Waals surface area contributed by atoms with Crippen LogP contribution in [-0.2, 0) is 17.8 Å². The van der Waals surface area contributed by atoms with Gasteiger partial charge in [0.2, 0.25) is 0 Å². The molecule has 0 bridgehead atoms. The van der Waals surface area contributed by atoms with Crippen LogP contribution in [0.25, 0.3) is 0 Å². The van der Waals surface area contributed by atoms with Crippen LogP contribution in [0.2, 0.25) is 0 Å². The van der Waals surface area contributed by atoms with Crippen molar-refractivity contribution in [1.29, 1.82) is 0 Å². The van der Waals surface area contributed by atoms with Gasteiger partial charge in [0.05, 0.1) is 13.1 Å². The van der Waals surface area contributed by atoms with E-state index in [9.17, 15) is 0 Å². The van der Waals surface area contributed by atoms with Crippen molar-refractivity contribution in [3.63, 3.8) is 0 Å².